The first-order valence-electron chi connectivity index (χ1n) is 11.0. The van der Waals surface area contributed by atoms with E-state index in [0.717, 1.165) is 31.9 Å². The minimum absolute atomic E-state index is 0.0642. The number of carbonyl (C=O) groups is 1. The maximum atomic E-state index is 14.6. The Morgan fingerprint density at radius 3 is 2.47 bits per heavy atom. The number of hydrogen-bond donors (Lipinski definition) is 3. The van der Waals surface area contributed by atoms with Crippen molar-refractivity contribution in [1.29, 1.82) is 0 Å². The van der Waals surface area contributed by atoms with Gasteiger partial charge in [0.2, 0.25) is 0 Å². The highest BCUT2D eigenvalue weighted by Crippen LogP contribution is 2.34. The molecule has 8 heteroatoms. The maximum Gasteiger partial charge on any atom is 0.256 e. The Hall–Kier alpha value is -2.58. The van der Waals surface area contributed by atoms with Gasteiger partial charge in [-0.15, -0.1) is 0 Å². The van der Waals surface area contributed by atoms with Crippen molar-refractivity contribution >= 4 is 17.3 Å². The maximum absolute atomic E-state index is 14.6. The van der Waals surface area contributed by atoms with Crippen LogP contribution in [0.25, 0.3) is 0 Å². The van der Waals surface area contributed by atoms with Gasteiger partial charge in [-0.25, -0.2) is 13.2 Å². The van der Waals surface area contributed by atoms with Gasteiger partial charge < -0.3 is 20.6 Å². The van der Waals surface area contributed by atoms with Crippen LogP contribution in [0, 0.1) is 24.4 Å². The average Bonchev–Trinajstić information content (AvgIpc) is 2.78. The predicted molar refractivity (Wildman–Crippen MR) is 119 cm³/mol. The van der Waals surface area contributed by atoms with E-state index in [4.69, 9.17) is 0 Å². The van der Waals surface area contributed by atoms with Crippen LogP contribution in [0.1, 0.15) is 49.0 Å². The lowest BCUT2D eigenvalue weighted by molar-refractivity contribution is -0.108. The molecule has 1 atom stereocenters. The van der Waals surface area contributed by atoms with Crippen molar-refractivity contribution in [2.24, 2.45) is 0 Å². The number of piperidine rings is 1. The normalized spacial score (nSPS) is 19.5. The number of aliphatic hydroxyl groups is 1. The van der Waals surface area contributed by atoms with E-state index < -0.39 is 34.6 Å². The highest BCUT2D eigenvalue weighted by Gasteiger charge is 2.49. The molecular formula is C24H30F3N3O2. The fraction of sp³-hybridized carbons (Fsp3) is 0.458. The van der Waals surface area contributed by atoms with E-state index >= 15 is 0 Å². The van der Waals surface area contributed by atoms with Gasteiger partial charge >= 0.3 is 0 Å². The van der Waals surface area contributed by atoms with E-state index in [1.165, 1.54) is 23.1 Å². The zero-order valence-electron chi connectivity index (χ0n) is 18.6. The molecular weight excluding hydrogens is 419 g/mol. The number of carbonyl (C=O) groups excluding carboxylic acids is 1. The Balaban J connectivity index is 0.00000141. The number of β-amino-alcohol motifs (C(OH)–C–C–N with tert-alkyl or cyclic N) is 1. The van der Waals surface area contributed by atoms with Gasteiger partial charge in [0.15, 0.2) is 11.6 Å². The van der Waals surface area contributed by atoms with Crippen LogP contribution in [-0.4, -0.2) is 47.2 Å². The molecule has 5 nitrogen and oxygen atoms in total. The number of anilines is 2. The Morgan fingerprint density at radius 1 is 1.12 bits per heavy atom. The van der Waals surface area contributed by atoms with Crippen LogP contribution >= 0.6 is 0 Å². The minimum atomic E-state index is -1.26. The number of likely N-dealkylation sites (tertiary alicyclic amines) is 1. The zero-order valence-corrected chi connectivity index (χ0v) is 18.6. The lowest BCUT2D eigenvalue weighted by Gasteiger charge is -2.51. The first-order chi connectivity index (χ1) is 15.3. The fourth-order valence-electron chi connectivity index (χ4n) is 4.17. The van der Waals surface area contributed by atoms with Crippen molar-refractivity contribution in [2.45, 2.75) is 51.7 Å². The number of benzene rings is 2. The third kappa shape index (κ3) is 4.76. The largest absolute Gasteiger partial charge is 0.385 e. The summed E-state index contributed by atoms with van der Waals surface area (Å²) in [7, 11) is 0. The molecule has 2 fully saturated rings. The quantitative estimate of drug-likeness (QED) is 0.643. The molecule has 0 spiro atoms. The summed E-state index contributed by atoms with van der Waals surface area (Å²) in [6.07, 6.45) is 2.88. The number of nitrogens with one attached hydrogen (secondary N) is 2. The first kappa shape index (κ1) is 24.1. The van der Waals surface area contributed by atoms with Crippen LogP contribution < -0.4 is 10.6 Å². The molecule has 3 N–H and O–H groups in total. The van der Waals surface area contributed by atoms with Gasteiger partial charge in [-0.3, -0.25) is 4.79 Å². The summed E-state index contributed by atoms with van der Waals surface area (Å²) in [6, 6.07) is 6.23. The molecule has 4 rings (SSSR count). The first-order valence-corrected chi connectivity index (χ1v) is 11.0. The van der Waals surface area contributed by atoms with Crippen LogP contribution in [0.3, 0.4) is 0 Å². The Labute approximate surface area is 186 Å². The van der Waals surface area contributed by atoms with E-state index in [2.05, 4.69) is 10.6 Å². The molecule has 32 heavy (non-hydrogen) atoms. The van der Waals surface area contributed by atoms with Crippen LogP contribution in [0.4, 0.5) is 24.5 Å². The minimum Gasteiger partial charge on any atom is -0.385 e. The molecule has 0 bridgehead atoms. The molecule has 2 aromatic carbocycles. The van der Waals surface area contributed by atoms with Gasteiger partial charge in [0.1, 0.15) is 11.4 Å². The standard InChI is InChI=1S/C22H24F3N3O2.C2H6/c1-13-5-8-17(16(24)10-13)27-20-14(6-7-15(23)19(20)25)21(29)28-11-22(30,12-28)18-4-2-3-9-26-18;1-2/h5-8,10,18,26-27,30H,2-4,9,11-12H2,1H3;1-2H3. The van der Waals surface area contributed by atoms with Crippen LogP contribution in [0.5, 0.6) is 0 Å². The smallest absolute Gasteiger partial charge is 0.256 e. The second-order valence-electron chi connectivity index (χ2n) is 8.16. The molecule has 1 unspecified atom stereocenters. The van der Waals surface area contributed by atoms with Gasteiger partial charge in [-0.05, 0) is 56.1 Å². The lowest BCUT2D eigenvalue weighted by Crippen LogP contribution is -2.72. The fourth-order valence-corrected chi connectivity index (χ4v) is 4.17. The number of halogens is 3. The number of amides is 1. The zero-order chi connectivity index (χ0) is 23.5. The van der Waals surface area contributed by atoms with E-state index in [9.17, 15) is 23.1 Å². The van der Waals surface area contributed by atoms with Crippen LogP contribution in [-0.2, 0) is 0 Å². The Morgan fingerprint density at radius 2 is 1.84 bits per heavy atom. The average molecular weight is 450 g/mol. The van der Waals surface area contributed by atoms with Gasteiger partial charge in [0, 0.05) is 6.04 Å². The molecule has 2 saturated heterocycles. The second-order valence-corrected chi connectivity index (χ2v) is 8.16. The van der Waals surface area contributed by atoms with Crippen molar-refractivity contribution in [2.75, 3.05) is 25.0 Å². The lowest BCUT2D eigenvalue weighted by atomic mass is 9.81. The number of aryl methyl sites for hydroxylation is 1. The molecule has 174 valence electrons. The van der Waals surface area contributed by atoms with Crippen molar-refractivity contribution in [3.63, 3.8) is 0 Å². The number of hydrogen-bond acceptors (Lipinski definition) is 4. The van der Waals surface area contributed by atoms with E-state index in [-0.39, 0.29) is 30.4 Å². The molecule has 2 aliphatic rings. The molecule has 0 saturated carbocycles. The summed E-state index contributed by atoms with van der Waals surface area (Å²) in [5, 5.41) is 16.6. The Bertz CT molecular complexity index is 971. The van der Waals surface area contributed by atoms with Crippen molar-refractivity contribution in [1.82, 2.24) is 10.2 Å². The van der Waals surface area contributed by atoms with Gasteiger partial charge in [0.25, 0.3) is 5.91 Å². The molecule has 1 amide bonds. The molecule has 2 heterocycles. The molecule has 0 radical (unpaired) electrons. The summed E-state index contributed by atoms with van der Waals surface area (Å²) in [6.45, 7) is 6.72. The summed E-state index contributed by atoms with van der Waals surface area (Å²) < 4.78 is 42.7. The van der Waals surface area contributed by atoms with E-state index in [0.29, 0.717) is 5.56 Å². The van der Waals surface area contributed by atoms with Gasteiger partial charge in [0.05, 0.1) is 30.0 Å². The molecule has 0 aliphatic carbocycles. The molecule has 0 aromatic heterocycles. The second kappa shape index (κ2) is 9.92. The third-order valence-electron chi connectivity index (χ3n) is 5.88. The summed E-state index contributed by atoms with van der Waals surface area (Å²) >= 11 is 0. The SMILES string of the molecule is CC.Cc1ccc(Nc2c(C(=O)N3CC(O)(C4CCCCN4)C3)ccc(F)c2F)c(F)c1. The van der Waals surface area contributed by atoms with Gasteiger partial charge in [-0.1, -0.05) is 26.3 Å². The summed E-state index contributed by atoms with van der Waals surface area (Å²) in [5.74, 6) is -3.60. The summed E-state index contributed by atoms with van der Waals surface area (Å²) in [4.78, 5) is 14.4. The monoisotopic (exact) mass is 449 g/mol. The number of rotatable bonds is 4. The van der Waals surface area contributed by atoms with Crippen molar-refractivity contribution < 1.29 is 23.1 Å². The van der Waals surface area contributed by atoms with Crippen LogP contribution in [0.2, 0.25) is 0 Å². The highest BCUT2D eigenvalue weighted by atomic mass is 19.2. The highest BCUT2D eigenvalue weighted by molar-refractivity contribution is 6.01. The Kier molecular flexibility index (Phi) is 7.46. The van der Waals surface area contributed by atoms with Crippen molar-refractivity contribution in [3.05, 3.63) is 58.9 Å². The van der Waals surface area contributed by atoms with Crippen molar-refractivity contribution in [3.8, 4) is 0 Å². The number of nitrogens with zero attached hydrogens (tertiary/aromatic N) is 1. The van der Waals surface area contributed by atoms with E-state index in [1.807, 2.05) is 13.8 Å². The van der Waals surface area contributed by atoms with Crippen LogP contribution in [0.15, 0.2) is 30.3 Å². The van der Waals surface area contributed by atoms with Gasteiger partial charge in [-0.2, -0.15) is 0 Å². The molecule has 2 aliphatic heterocycles. The third-order valence-corrected chi connectivity index (χ3v) is 5.88. The topological polar surface area (TPSA) is 64.6 Å². The summed E-state index contributed by atoms with van der Waals surface area (Å²) in [5.41, 5.74) is -0.969. The van der Waals surface area contributed by atoms with E-state index in [1.54, 1.807) is 13.0 Å². The molecule has 2 aromatic rings. The predicted octanol–water partition coefficient (Wildman–Crippen LogP) is 4.51.